The van der Waals surface area contributed by atoms with E-state index >= 15 is 0 Å². The fraction of sp³-hybridized carbons (Fsp3) is 0.250. The highest BCUT2D eigenvalue weighted by atomic mass is 16.4. The molecular formula is C28H25N7O5. The van der Waals surface area contributed by atoms with E-state index in [4.69, 9.17) is 0 Å². The summed E-state index contributed by atoms with van der Waals surface area (Å²) in [5.74, 6) is -1.88. The number of aromatic carboxylic acids is 1. The number of carbonyl (C=O) groups excluding carboxylic acids is 3. The minimum Gasteiger partial charge on any atom is -0.478 e. The molecule has 12 heteroatoms. The van der Waals surface area contributed by atoms with Crippen LogP contribution < -0.4 is 16.0 Å². The van der Waals surface area contributed by atoms with E-state index in [2.05, 4.69) is 31.0 Å². The SMILES string of the molecule is Cc1c(C(=O)O)ccc2c1CC[C@@H]2NC(=O)c1cc(C(=O)NCc2ccc3c(c2)NC(=O)CC3)nc2ncnn12. The van der Waals surface area contributed by atoms with Crippen LogP contribution >= 0.6 is 0 Å². The highest BCUT2D eigenvalue weighted by Gasteiger charge is 2.29. The van der Waals surface area contributed by atoms with Crippen molar-refractivity contribution in [2.45, 2.75) is 45.2 Å². The molecule has 0 spiro atoms. The standard InChI is InChI=1S/C28H25N7O5/c1-14-17-7-8-20(19(17)6-5-18(14)27(39)40)33-26(38)23-11-22(34-28-30-13-31-35(23)28)25(37)29-12-15-2-3-16-4-9-24(36)32-21(16)10-15/h2-3,5-6,10-11,13,20H,4,7-9,12H2,1H3,(H,29,37)(H,32,36)(H,33,38)(H,39,40)/t20-/m0/s1. The van der Waals surface area contributed by atoms with Gasteiger partial charge in [0.05, 0.1) is 11.6 Å². The lowest BCUT2D eigenvalue weighted by Gasteiger charge is -2.18. The van der Waals surface area contributed by atoms with Crippen LogP contribution in [0.4, 0.5) is 5.69 Å². The lowest BCUT2D eigenvalue weighted by molar-refractivity contribution is -0.116. The van der Waals surface area contributed by atoms with Crippen molar-refractivity contribution in [3.63, 3.8) is 0 Å². The molecule has 2 aliphatic rings. The fourth-order valence-corrected chi connectivity index (χ4v) is 5.39. The van der Waals surface area contributed by atoms with Crippen molar-refractivity contribution in [1.29, 1.82) is 0 Å². The van der Waals surface area contributed by atoms with E-state index in [9.17, 15) is 24.3 Å². The molecule has 3 heterocycles. The number of nitrogens with one attached hydrogen (secondary N) is 3. The van der Waals surface area contributed by atoms with Crippen LogP contribution in [0.15, 0.2) is 42.7 Å². The zero-order valence-electron chi connectivity index (χ0n) is 21.5. The van der Waals surface area contributed by atoms with Crippen molar-refractivity contribution >= 4 is 35.2 Å². The molecule has 0 unspecified atom stereocenters. The Hall–Kier alpha value is -5.13. The fourth-order valence-electron chi connectivity index (χ4n) is 5.39. The molecular weight excluding hydrogens is 514 g/mol. The smallest absolute Gasteiger partial charge is 0.335 e. The molecule has 2 aromatic carbocycles. The van der Waals surface area contributed by atoms with Gasteiger partial charge in [0.15, 0.2) is 0 Å². The number of fused-ring (bicyclic) bond motifs is 3. The third-order valence-corrected chi connectivity index (χ3v) is 7.47. The second-order valence-corrected chi connectivity index (χ2v) is 9.90. The van der Waals surface area contributed by atoms with Gasteiger partial charge < -0.3 is 21.1 Å². The molecule has 3 amide bonds. The van der Waals surface area contributed by atoms with Crippen molar-refractivity contribution in [3.8, 4) is 0 Å². The topological polar surface area (TPSA) is 168 Å². The Balaban J connectivity index is 1.21. The predicted molar refractivity (Wildman–Crippen MR) is 142 cm³/mol. The number of aryl methyl sites for hydroxylation is 1. The normalized spacial score (nSPS) is 15.7. The molecule has 1 aliphatic heterocycles. The van der Waals surface area contributed by atoms with Crippen molar-refractivity contribution in [3.05, 3.63) is 87.5 Å². The molecule has 1 atom stereocenters. The summed E-state index contributed by atoms with van der Waals surface area (Å²) in [6, 6.07) is 10.0. The molecule has 4 aromatic rings. The number of carboxylic acid groups (broad SMARTS) is 1. The Morgan fingerprint density at radius 3 is 2.77 bits per heavy atom. The second-order valence-electron chi connectivity index (χ2n) is 9.90. The zero-order valence-corrected chi connectivity index (χ0v) is 21.5. The number of benzene rings is 2. The lowest BCUT2D eigenvalue weighted by atomic mass is 9.98. The molecule has 12 nitrogen and oxygen atoms in total. The molecule has 0 saturated carbocycles. The Bertz CT molecular complexity index is 1730. The summed E-state index contributed by atoms with van der Waals surface area (Å²) in [5.41, 5.74) is 5.44. The third-order valence-electron chi connectivity index (χ3n) is 7.47. The van der Waals surface area contributed by atoms with Gasteiger partial charge in [0.1, 0.15) is 17.7 Å². The molecule has 0 fully saturated rings. The number of hydrogen-bond donors (Lipinski definition) is 4. The van der Waals surface area contributed by atoms with E-state index in [-0.39, 0.29) is 41.2 Å². The average molecular weight is 540 g/mol. The van der Waals surface area contributed by atoms with Crippen molar-refractivity contribution < 1.29 is 24.3 Å². The summed E-state index contributed by atoms with van der Waals surface area (Å²) < 4.78 is 1.27. The van der Waals surface area contributed by atoms with Crippen LogP contribution in [0.3, 0.4) is 0 Å². The molecule has 1 aliphatic carbocycles. The number of rotatable bonds is 6. The van der Waals surface area contributed by atoms with E-state index in [0.29, 0.717) is 31.2 Å². The maximum atomic E-state index is 13.4. The Morgan fingerprint density at radius 1 is 1.10 bits per heavy atom. The van der Waals surface area contributed by atoms with Crippen LogP contribution in [0.2, 0.25) is 0 Å². The molecule has 0 bridgehead atoms. The number of nitrogens with zero attached hydrogens (tertiary/aromatic N) is 4. The van der Waals surface area contributed by atoms with Gasteiger partial charge in [-0.1, -0.05) is 18.2 Å². The molecule has 2 aromatic heterocycles. The van der Waals surface area contributed by atoms with Crippen LogP contribution in [-0.4, -0.2) is 48.4 Å². The third kappa shape index (κ3) is 4.53. The monoisotopic (exact) mass is 539 g/mol. The maximum absolute atomic E-state index is 13.4. The van der Waals surface area contributed by atoms with Gasteiger partial charge in [-0.2, -0.15) is 14.6 Å². The van der Waals surface area contributed by atoms with Gasteiger partial charge in [0.2, 0.25) is 5.91 Å². The van der Waals surface area contributed by atoms with Crippen LogP contribution in [0.5, 0.6) is 0 Å². The molecule has 40 heavy (non-hydrogen) atoms. The number of carbonyl (C=O) groups is 4. The highest BCUT2D eigenvalue weighted by Crippen LogP contribution is 2.35. The quantitative estimate of drug-likeness (QED) is 0.290. The largest absolute Gasteiger partial charge is 0.478 e. The molecule has 202 valence electrons. The lowest BCUT2D eigenvalue weighted by Crippen LogP contribution is -2.30. The van der Waals surface area contributed by atoms with E-state index in [1.807, 2.05) is 18.2 Å². The number of anilines is 1. The first kappa shape index (κ1) is 25.2. The Kier molecular flexibility index (Phi) is 6.21. The van der Waals surface area contributed by atoms with Gasteiger partial charge in [0, 0.05) is 24.7 Å². The van der Waals surface area contributed by atoms with Gasteiger partial charge >= 0.3 is 5.97 Å². The van der Waals surface area contributed by atoms with E-state index in [1.165, 1.54) is 16.9 Å². The Labute approximate surface area is 227 Å². The first-order chi connectivity index (χ1) is 19.3. The summed E-state index contributed by atoms with van der Waals surface area (Å²) in [4.78, 5) is 58.0. The summed E-state index contributed by atoms with van der Waals surface area (Å²) in [6.07, 6.45) is 3.64. The minimum atomic E-state index is -0.984. The molecule has 0 radical (unpaired) electrons. The first-order valence-corrected chi connectivity index (χ1v) is 12.9. The van der Waals surface area contributed by atoms with Crippen LogP contribution in [0.1, 0.15) is 78.0 Å². The van der Waals surface area contributed by atoms with Gasteiger partial charge in [0.25, 0.3) is 17.6 Å². The van der Waals surface area contributed by atoms with Gasteiger partial charge in [-0.15, -0.1) is 0 Å². The van der Waals surface area contributed by atoms with E-state index in [1.54, 1.807) is 19.1 Å². The Morgan fingerprint density at radius 2 is 1.95 bits per heavy atom. The van der Waals surface area contributed by atoms with Crippen molar-refractivity contribution in [2.24, 2.45) is 0 Å². The zero-order chi connectivity index (χ0) is 28.0. The predicted octanol–water partition coefficient (Wildman–Crippen LogP) is 2.36. The molecule has 0 saturated heterocycles. The average Bonchev–Trinajstić information content (AvgIpc) is 3.58. The highest BCUT2D eigenvalue weighted by molar-refractivity contribution is 5.98. The summed E-state index contributed by atoms with van der Waals surface area (Å²) in [5, 5.41) is 22.2. The van der Waals surface area contributed by atoms with Crippen LogP contribution in [-0.2, 0) is 24.2 Å². The number of aromatic nitrogens is 4. The van der Waals surface area contributed by atoms with Crippen molar-refractivity contribution in [2.75, 3.05) is 5.32 Å². The summed E-state index contributed by atoms with van der Waals surface area (Å²) >= 11 is 0. The second kappa shape index (κ2) is 9.88. The summed E-state index contributed by atoms with van der Waals surface area (Å²) in [7, 11) is 0. The van der Waals surface area contributed by atoms with E-state index < -0.39 is 17.8 Å². The molecule has 4 N–H and O–H groups in total. The van der Waals surface area contributed by atoms with Gasteiger partial charge in [-0.25, -0.2) is 9.78 Å². The first-order valence-electron chi connectivity index (χ1n) is 12.9. The number of carboxylic acids is 1. The summed E-state index contributed by atoms with van der Waals surface area (Å²) in [6.45, 7) is 1.97. The minimum absolute atomic E-state index is 0.00526. The van der Waals surface area contributed by atoms with Gasteiger partial charge in [-0.05, 0) is 66.1 Å². The van der Waals surface area contributed by atoms with Crippen LogP contribution in [0.25, 0.3) is 5.78 Å². The maximum Gasteiger partial charge on any atom is 0.335 e. The van der Waals surface area contributed by atoms with Gasteiger partial charge in [-0.3, -0.25) is 14.4 Å². The molecule has 6 rings (SSSR count). The van der Waals surface area contributed by atoms with E-state index in [0.717, 1.165) is 27.9 Å². The van der Waals surface area contributed by atoms with Crippen molar-refractivity contribution in [1.82, 2.24) is 30.2 Å². The van der Waals surface area contributed by atoms with Crippen LogP contribution in [0, 0.1) is 6.92 Å². The number of amides is 3. The number of hydrogen-bond acceptors (Lipinski definition) is 7.